The topological polar surface area (TPSA) is 122 Å². The van der Waals surface area contributed by atoms with Gasteiger partial charge in [-0.25, -0.2) is 8.42 Å². The molecule has 0 spiro atoms. The number of aliphatic carboxylic acids is 2. The fourth-order valence-corrected chi connectivity index (χ4v) is 4.26. The molecule has 0 fully saturated rings. The van der Waals surface area contributed by atoms with Crippen LogP contribution < -0.4 is 0 Å². The van der Waals surface area contributed by atoms with E-state index in [1.807, 2.05) is 0 Å². The van der Waals surface area contributed by atoms with Crippen LogP contribution in [-0.4, -0.2) is 47.1 Å². The van der Waals surface area contributed by atoms with Crippen LogP contribution in [0.4, 0.5) is 0 Å². The van der Waals surface area contributed by atoms with Crippen LogP contribution in [0.15, 0.2) is 24.5 Å². The van der Waals surface area contributed by atoms with Gasteiger partial charge < -0.3 is 10.2 Å². The van der Waals surface area contributed by atoms with E-state index in [0.29, 0.717) is 12.0 Å². The Hall–Kier alpha value is -1.96. The second kappa shape index (κ2) is 8.61. The van der Waals surface area contributed by atoms with Gasteiger partial charge in [-0.1, -0.05) is 6.92 Å². The number of hydrogen-bond donors (Lipinski definition) is 2. The highest BCUT2D eigenvalue weighted by Crippen LogP contribution is 2.30. The van der Waals surface area contributed by atoms with E-state index in [1.165, 1.54) is 12.4 Å². The third kappa shape index (κ3) is 6.35. The molecule has 0 amide bonds. The Morgan fingerprint density at radius 2 is 1.83 bits per heavy atom. The van der Waals surface area contributed by atoms with Crippen LogP contribution in [-0.2, 0) is 19.4 Å². The monoisotopic (exact) mass is 343 g/mol. The third-order valence-corrected chi connectivity index (χ3v) is 5.45. The van der Waals surface area contributed by atoms with E-state index in [2.05, 4.69) is 4.98 Å². The molecule has 0 bridgehead atoms. The first-order chi connectivity index (χ1) is 10.8. The van der Waals surface area contributed by atoms with E-state index >= 15 is 0 Å². The Bertz CT molecular complexity index is 629. The summed E-state index contributed by atoms with van der Waals surface area (Å²) in [5.41, 5.74) is 0.539. The predicted octanol–water partition coefficient (Wildman–Crippen LogP) is 1.56. The van der Waals surface area contributed by atoms with Crippen molar-refractivity contribution in [2.24, 2.45) is 5.92 Å². The van der Waals surface area contributed by atoms with Crippen molar-refractivity contribution in [2.75, 3.05) is 11.5 Å². The minimum Gasteiger partial charge on any atom is -0.481 e. The Kier molecular flexibility index (Phi) is 7.15. The lowest BCUT2D eigenvalue weighted by molar-refractivity contribution is -0.143. The van der Waals surface area contributed by atoms with E-state index in [4.69, 9.17) is 5.11 Å². The molecule has 8 heteroatoms. The van der Waals surface area contributed by atoms with Crippen molar-refractivity contribution >= 4 is 21.8 Å². The molecule has 2 atom stereocenters. The van der Waals surface area contributed by atoms with Gasteiger partial charge in [-0.2, -0.15) is 0 Å². The lowest BCUT2D eigenvalue weighted by Gasteiger charge is -2.24. The number of hydrogen-bond acceptors (Lipinski definition) is 5. The standard InChI is InChI=1S/C15H21NO6S/c1-2-9-23(21,22)10-13(11-5-7-16-8-6-11)12(15(19)20)3-4-14(17)18/h5-8,12-13H,2-4,9-10H2,1H3,(H,17,18)(H,19,20). The van der Waals surface area contributed by atoms with E-state index in [0.717, 1.165) is 0 Å². The number of carbonyl (C=O) groups is 2. The first kappa shape index (κ1) is 19.1. The maximum absolute atomic E-state index is 12.2. The van der Waals surface area contributed by atoms with Crippen LogP contribution >= 0.6 is 0 Å². The second-order valence-electron chi connectivity index (χ2n) is 5.38. The van der Waals surface area contributed by atoms with Gasteiger partial charge in [-0.15, -0.1) is 0 Å². The zero-order chi connectivity index (χ0) is 17.5. The Labute approximate surface area is 135 Å². The van der Waals surface area contributed by atoms with Crippen molar-refractivity contribution in [3.05, 3.63) is 30.1 Å². The number of rotatable bonds is 10. The number of carboxylic acid groups (broad SMARTS) is 2. The van der Waals surface area contributed by atoms with Gasteiger partial charge >= 0.3 is 11.9 Å². The minimum atomic E-state index is -3.43. The summed E-state index contributed by atoms with van der Waals surface area (Å²) in [6.07, 6.45) is 2.92. The van der Waals surface area contributed by atoms with Gasteiger partial charge in [0.1, 0.15) is 0 Å². The van der Waals surface area contributed by atoms with E-state index in [1.54, 1.807) is 19.1 Å². The average molecular weight is 343 g/mol. The molecule has 2 N–H and O–H groups in total. The summed E-state index contributed by atoms with van der Waals surface area (Å²) in [5, 5.41) is 18.2. The molecule has 1 aromatic rings. The average Bonchev–Trinajstić information content (AvgIpc) is 2.46. The van der Waals surface area contributed by atoms with Gasteiger partial charge in [-0.3, -0.25) is 14.6 Å². The highest BCUT2D eigenvalue weighted by atomic mass is 32.2. The molecule has 1 heterocycles. The summed E-state index contributed by atoms with van der Waals surface area (Å²) in [4.78, 5) is 26.2. The fraction of sp³-hybridized carbons (Fsp3) is 0.533. The summed E-state index contributed by atoms with van der Waals surface area (Å²) in [6, 6.07) is 3.14. The molecule has 0 saturated carbocycles. The molecule has 0 aliphatic heterocycles. The highest BCUT2D eigenvalue weighted by molar-refractivity contribution is 7.91. The first-order valence-corrected chi connectivity index (χ1v) is 9.14. The molecule has 7 nitrogen and oxygen atoms in total. The molecule has 128 valence electrons. The number of sulfone groups is 1. The number of pyridine rings is 1. The van der Waals surface area contributed by atoms with E-state index in [9.17, 15) is 23.1 Å². The minimum absolute atomic E-state index is 0.0279. The Morgan fingerprint density at radius 3 is 2.30 bits per heavy atom. The zero-order valence-electron chi connectivity index (χ0n) is 12.9. The lowest BCUT2D eigenvalue weighted by atomic mass is 9.85. The molecule has 2 unspecified atom stereocenters. The smallest absolute Gasteiger partial charge is 0.307 e. The van der Waals surface area contributed by atoms with Crippen molar-refractivity contribution in [2.45, 2.75) is 32.1 Å². The van der Waals surface area contributed by atoms with Crippen molar-refractivity contribution < 1.29 is 28.2 Å². The summed E-state index contributed by atoms with van der Waals surface area (Å²) in [7, 11) is -3.43. The fourth-order valence-electron chi connectivity index (χ4n) is 2.50. The maximum Gasteiger partial charge on any atom is 0.307 e. The van der Waals surface area contributed by atoms with Crippen LogP contribution in [0.2, 0.25) is 0 Å². The maximum atomic E-state index is 12.2. The molecule has 0 saturated heterocycles. The first-order valence-electron chi connectivity index (χ1n) is 7.31. The number of carboxylic acids is 2. The molecule has 0 aliphatic rings. The van der Waals surface area contributed by atoms with Crippen LogP contribution in [0.5, 0.6) is 0 Å². The number of nitrogens with zero attached hydrogens (tertiary/aromatic N) is 1. The quantitative estimate of drug-likeness (QED) is 0.661. The van der Waals surface area contributed by atoms with Gasteiger partial charge in [-0.05, 0) is 30.5 Å². The van der Waals surface area contributed by atoms with E-state index < -0.39 is 33.6 Å². The van der Waals surface area contributed by atoms with Gasteiger partial charge in [0.15, 0.2) is 9.84 Å². The predicted molar refractivity (Wildman–Crippen MR) is 83.9 cm³/mol. The van der Waals surface area contributed by atoms with Gasteiger partial charge in [0.2, 0.25) is 0 Å². The summed E-state index contributed by atoms with van der Waals surface area (Å²) in [6.45, 7) is 1.73. The normalized spacial score (nSPS) is 14.1. The van der Waals surface area contributed by atoms with Crippen molar-refractivity contribution in [3.8, 4) is 0 Å². The lowest BCUT2D eigenvalue weighted by Crippen LogP contribution is -2.29. The zero-order valence-corrected chi connectivity index (χ0v) is 13.7. The molecular weight excluding hydrogens is 322 g/mol. The van der Waals surface area contributed by atoms with Crippen LogP contribution in [0, 0.1) is 5.92 Å². The number of aromatic nitrogens is 1. The highest BCUT2D eigenvalue weighted by Gasteiger charge is 2.33. The second-order valence-corrected chi connectivity index (χ2v) is 7.61. The van der Waals surface area contributed by atoms with Crippen LogP contribution in [0.1, 0.15) is 37.7 Å². The molecule has 0 aliphatic carbocycles. The molecule has 1 aromatic heterocycles. The van der Waals surface area contributed by atoms with Gasteiger partial charge in [0.25, 0.3) is 0 Å². The Balaban J connectivity index is 3.15. The summed E-state index contributed by atoms with van der Waals surface area (Å²) >= 11 is 0. The molecular formula is C15H21NO6S. The van der Waals surface area contributed by atoms with Crippen molar-refractivity contribution in [1.82, 2.24) is 4.98 Å². The molecule has 1 rings (SSSR count). The van der Waals surface area contributed by atoms with Crippen molar-refractivity contribution in [1.29, 1.82) is 0 Å². The van der Waals surface area contributed by atoms with E-state index in [-0.39, 0.29) is 24.3 Å². The third-order valence-electron chi connectivity index (χ3n) is 3.55. The van der Waals surface area contributed by atoms with Gasteiger partial charge in [0, 0.05) is 30.5 Å². The summed E-state index contributed by atoms with van der Waals surface area (Å²) in [5.74, 6) is -4.53. The largest absolute Gasteiger partial charge is 0.481 e. The molecule has 0 aromatic carbocycles. The van der Waals surface area contributed by atoms with Crippen LogP contribution in [0.25, 0.3) is 0 Å². The summed E-state index contributed by atoms with van der Waals surface area (Å²) < 4.78 is 24.3. The van der Waals surface area contributed by atoms with Gasteiger partial charge in [0.05, 0.1) is 11.7 Å². The SMILES string of the molecule is CCCS(=O)(=O)CC(c1ccncc1)C(CCC(=O)O)C(=O)O. The molecule has 23 heavy (non-hydrogen) atoms. The van der Waals surface area contributed by atoms with Crippen molar-refractivity contribution in [3.63, 3.8) is 0 Å². The molecule has 0 radical (unpaired) electrons. The Morgan fingerprint density at radius 1 is 1.22 bits per heavy atom. The van der Waals surface area contributed by atoms with Crippen LogP contribution in [0.3, 0.4) is 0 Å².